The quantitative estimate of drug-likeness (QED) is 0.849. The molecule has 3 unspecified atom stereocenters. The number of hydrogen-bond acceptors (Lipinski definition) is 5. The van der Waals surface area contributed by atoms with E-state index in [4.69, 9.17) is 9.47 Å². The standard InChI is InChI=1S/C14H27NO4S/c1-10(2)11(3)20(16,17)13-9-14(18-7-8-19-14)6-5-12(13)15-4/h10-13,15H,5-9H2,1-4H3. The molecule has 1 heterocycles. The Kier molecular flexibility index (Phi) is 4.79. The van der Waals surface area contributed by atoms with Crippen molar-refractivity contribution in [1.82, 2.24) is 5.32 Å². The van der Waals surface area contributed by atoms with Gasteiger partial charge < -0.3 is 14.8 Å². The Balaban J connectivity index is 2.25. The van der Waals surface area contributed by atoms with Crippen LogP contribution >= 0.6 is 0 Å². The van der Waals surface area contributed by atoms with E-state index >= 15 is 0 Å². The lowest BCUT2D eigenvalue weighted by molar-refractivity contribution is -0.178. The maximum Gasteiger partial charge on any atom is 0.169 e. The second-order valence-electron chi connectivity index (χ2n) is 6.32. The van der Waals surface area contributed by atoms with Crippen LogP contribution in [0.25, 0.3) is 0 Å². The lowest BCUT2D eigenvalue weighted by atomic mass is 9.89. The zero-order valence-corrected chi connectivity index (χ0v) is 13.7. The smallest absolute Gasteiger partial charge is 0.169 e. The van der Waals surface area contributed by atoms with E-state index in [9.17, 15) is 8.42 Å². The fourth-order valence-corrected chi connectivity index (χ4v) is 5.73. The average molecular weight is 305 g/mol. The second-order valence-corrected chi connectivity index (χ2v) is 8.85. The van der Waals surface area contributed by atoms with E-state index in [1.807, 2.05) is 27.8 Å². The first-order valence-electron chi connectivity index (χ1n) is 7.50. The summed E-state index contributed by atoms with van der Waals surface area (Å²) in [6.45, 7) is 6.85. The second kappa shape index (κ2) is 5.91. The van der Waals surface area contributed by atoms with Gasteiger partial charge in [0, 0.05) is 18.9 Å². The van der Waals surface area contributed by atoms with Gasteiger partial charge in [-0.15, -0.1) is 0 Å². The van der Waals surface area contributed by atoms with E-state index in [1.54, 1.807) is 0 Å². The van der Waals surface area contributed by atoms with Gasteiger partial charge in [0.1, 0.15) is 0 Å². The van der Waals surface area contributed by atoms with Crippen LogP contribution < -0.4 is 5.32 Å². The number of rotatable bonds is 4. The van der Waals surface area contributed by atoms with E-state index < -0.39 is 20.9 Å². The van der Waals surface area contributed by atoms with Crippen molar-refractivity contribution in [3.8, 4) is 0 Å². The van der Waals surface area contributed by atoms with Crippen LogP contribution in [0.5, 0.6) is 0 Å². The Hall–Kier alpha value is -0.170. The van der Waals surface area contributed by atoms with Gasteiger partial charge in [-0.1, -0.05) is 13.8 Å². The van der Waals surface area contributed by atoms with Crippen molar-refractivity contribution in [1.29, 1.82) is 0 Å². The number of nitrogens with one attached hydrogen (secondary N) is 1. The fourth-order valence-electron chi connectivity index (χ4n) is 3.20. The molecule has 20 heavy (non-hydrogen) atoms. The average Bonchev–Trinajstić information content (AvgIpc) is 2.86. The number of sulfone groups is 1. The van der Waals surface area contributed by atoms with Crippen molar-refractivity contribution in [2.75, 3.05) is 20.3 Å². The highest BCUT2D eigenvalue weighted by Crippen LogP contribution is 2.39. The van der Waals surface area contributed by atoms with Crippen LogP contribution in [0.3, 0.4) is 0 Å². The summed E-state index contributed by atoms with van der Waals surface area (Å²) in [5.74, 6) is -0.553. The molecule has 118 valence electrons. The Labute approximate surface area is 122 Å². The van der Waals surface area contributed by atoms with Crippen molar-refractivity contribution >= 4 is 9.84 Å². The zero-order valence-electron chi connectivity index (χ0n) is 12.9. The van der Waals surface area contributed by atoms with Gasteiger partial charge in [0.05, 0.1) is 23.7 Å². The molecular weight excluding hydrogens is 278 g/mol. The predicted molar refractivity (Wildman–Crippen MR) is 78.3 cm³/mol. The molecule has 5 nitrogen and oxygen atoms in total. The molecule has 2 aliphatic rings. The summed E-state index contributed by atoms with van der Waals surface area (Å²) in [6.07, 6.45) is 1.98. The molecule has 6 heteroatoms. The zero-order chi connectivity index (χ0) is 15.0. The van der Waals surface area contributed by atoms with Crippen LogP contribution in [0.4, 0.5) is 0 Å². The first kappa shape index (κ1) is 16.2. The Morgan fingerprint density at radius 1 is 1.20 bits per heavy atom. The molecule has 0 radical (unpaired) electrons. The van der Waals surface area contributed by atoms with Crippen LogP contribution in [0.1, 0.15) is 40.0 Å². The lowest BCUT2D eigenvalue weighted by Gasteiger charge is -2.41. The summed E-state index contributed by atoms with van der Waals surface area (Å²) in [4.78, 5) is 0. The van der Waals surface area contributed by atoms with Crippen molar-refractivity contribution in [2.24, 2.45) is 5.92 Å². The molecule has 0 bridgehead atoms. The largest absolute Gasteiger partial charge is 0.347 e. The molecule has 3 atom stereocenters. The van der Waals surface area contributed by atoms with E-state index in [0.717, 1.165) is 12.8 Å². The van der Waals surface area contributed by atoms with Gasteiger partial charge in [0.15, 0.2) is 15.6 Å². The third kappa shape index (κ3) is 2.89. The van der Waals surface area contributed by atoms with E-state index in [-0.39, 0.29) is 17.2 Å². The molecule has 0 aromatic carbocycles. The summed E-state index contributed by atoms with van der Waals surface area (Å²) in [5, 5.41) is 2.39. The molecule has 1 N–H and O–H groups in total. The highest BCUT2D eigenvalue weighted by molar-refractivity contribution is 7.92. The lowest BCUT2D eigenvalue weighted by Crippen LogP contribution is -2.55. The first-order chi connectivity index (χ1) is 9.32. The Morgan fingerprint density at radius 3 is 2.30 bits per heavy atom. The summed E-state index contributed by atoms with van der Waals surface area (Å²) in [5.41, 5.74) is 0. The summed E-state index contributed by atoms with van der Waals surface area (Å²) >= 11 is 0. The van der Waals surface area contributed by atoms with Gasteiger partial charge in [0.25, 0.3) is 0 Å². The molecule has 0 aromatic rings. The Morgan fingerprint density at radius 2 is 1.80 bits per heavy atom. The summed E-state index contributed by atoms with van der Waals surface area (Å²) in [7, 11) is -1.37. The molecule has 1 saturated carbocycles. The van der Waals surface area contributed by atoms with Gasteiger partial charge >= 0.3 is 0 Å². The minimum atomic E-state index is -3.21. The van der Waals surface area contributed by atoms with Crippen molar-refractivity contribution in [3.63, 3.8) is 0 Å². The molecule has 0 aromatic heterocycles. The van der Waals surface area contributed by atoms with Crippen molar-refractivity contribution in [2.45, 2.75) is 62.4 Å². The molecule has 2 rings (SSSR count). The third-order valence-corrected chi connectivity index (χ3v) is 7.78. The van der Waals surface area contributed by atoms with Crippen LogP contribution in [0, 0.1) is 5.92 Å². The van der Waals surface area contributed by atoms with Crippen LogP contribution in [0.15, 0.2) is 0 Å². The van der Waals surface area contributed by atoms with Crippen molar-refractivity contribution in [3.05, 3.63) is 0 Å². The van der Waals surface area contributed by atoms with Crippen LogP contribution in [0.2, 0.25) is 0 Å². The SMILES string of the molecule is CNC1CCC2(CC1S(=O)(=O)C(C)C(C)C)OCCO2. The molecule has 2 fully saturated rings. The maximum atomic E-state index is 12.9. The molecule has 0 amide bonds. The first-order valence-corrected chi connectivity index (χ1v) is 9.11. The molecule has 1 aliphatic carbocycles. The van der Waals surface area contributed by atoms with Gasteiger partial charge in [-0.25, -0.2) is 8.42 Å². The van der Waals surface area contributed by atoms with E-state index in [2.05, 4.69) is 5.32 Å². The highest BCUT2D eigenvalue weighted by atomic mass is 32.2. The third-order valence-electron chi connectivity index (χ3n) is 4.86. The van der Waals surface area contributed by atoms with Gasteiger partial charge in [-0.05, 0) is 26.3 Å². The summed E-state index contributed by atoms with van der Waals surface area (Å²) < 4.78 is 37.2. The highest BCUT2D eigenvalue weighted by Gasteiger charge is 2.50. The van der Waals surface area contributed by atoms with Gasteiger partial charge in [0.2, 0.25) is 0 Å². The summed E-state index contributed by atoms with van der Waals surface area (Å²) in [6, 6.07) is -0.0142. The predicted octanol–water partition coefficient (Wildman–Crippen LogP) is 1.33. The van der Waals surface area contributed by atoms with Gasteiger partial charge in [-0.3, -0.25) is 0 Å². The van der Waals surface area contributed by atoms with E-state index in [1.165, 1.54) is 0 Å². The van der Waals surface area contributed by atoms with Crippen LogP contribution in [-0.2, 0) is 19.3 Å². The van der Waals surface area contributed by atoms with Crippen LogP contribution in [-0.4, -0.2) is 51.0 Å². The minimum absolute atomic E-state index is 0.0142. The minimum Gasteiger partial charge on any atom is -0.347 e. The Bertz CT molecular complexity index is 428. The molecule has 1 saturated heterocycles. The van der Waals surface area contributed by atoms with E-state index in [0.29, 0.717) is 19.6 Å². The normalized spacial score (nSPS) is 31.9. The van der Waals surface area contributed by atoms with Crippen molar-refractivity contribution < 1.29 is 17.9 Å². The molecule has 1 spiro atoms. The topological polar surface area (TPSA) is 64.6 Å². The maximum absolute atomic E-state index is 12.9. The fraction of sp³-hybridized carbons (Fsp3) is 1.00. The molecule has 1 aliphatic heterocycles. The monoisotopic (exact) mass is 305 g/mol. The molecular formula is C14H27NO4S. The number of ether oxygens (including phenoxy) is 2. The van der Waals surface area contributed by atoms with Gasteiger partial charge in [-0.2, -0.15) is 0 Å². The number of hydrogen-bond donors (Lipinski definition) is 1.